The zero-order valence-corrected chi connectivity index (χ0v) is 12.8. The molecule has 1 amide bonds. The standard InChI is InChI=1S/C14H20ClNO4/c1-14(2,3)20-13(18)16-11(8-17)10-6-5-9(15)7-12(10)19-4/h5-7,11,17H,8H2,1-4H3,(H,16,18). The lowest BCUT2D eigenvalue weighted by atomic mass is 10.1. The molecule has 0 spiro atoms. The summed E-state index contributed by atoms with van der Waals surface area (Å²) in [6, 6.07) is 4.35. The third kappa shape index (κ3) is 4.90. The van der Waals surface area contributed by atoms with Crippen LogP contribution in [0.15, 0.2) is 18.2 Å². The summed E-state index contributed by atoms with van der Waals surface area (Å²) in [6.45, 7) is 5.02. The lowest BCUT2D eigenvalue weighted by Gasteiger charge is -2.23. The summed E-state index contributed by atoms with van der Waals surface area (Å²) in [5.74, 6) is 0.493. The first kappa shape index (κ1) is 16.6. The lowest BCUT2D eigenvalue weighted by molar-refractivity contribution is 0.0481. The van der Waals surface area contributed by atoms with Crippen LogP contribution in [0.3, 0.4) is 0 Å². The number of halogens is 1. The van der Waals surface area contributed by atoms with Crippen molar-refractivity contribution >= 4 is 17.7 Å². The highest BCUT2D eigenvalue weighted by Gasteiger charge is 2.22. The van der Waals surface area contributed by atoms with Crippen molar-refractivity contribution in [3.8, 4) is 5.75 Å². The van der Waals surface area contributed by atoms with Crippen molar-refractivity contribution in [3.05, 3.63) is 28.8 Å². The van der Waals surface area contributed by atoms with Gasteiger partial charge in [-0.15, -0.1) is 0 Å². The minimum absolute atomic E-state index is 0.281. The van der Waals surface area contributed by atoms with Crippen LogP contribution in [-0.4, -0.2) is 30.5 Å². The lowest BCUT2D eigenvalue weighted by Crippen LogP contribution is -2.36. The van der Waals surface area contributed by atoms with E-state index in [0.29, 0.717) is 16.3 Å². The van der Waals surface area contributed by atoms with Gasteiger partial charge in [0.1, 0.15) is 11.4 Å². The van der Waals surface area contributed by atoms with E-state index in [0.717, 1.165) is 0 Å². The molecular weight excluding hydrogens is 282 g/mol. The van der Waals surface area contributed by atoms with Gasteiger partial charge in [0, 0.05) is 10.6 Å². The largest absolute Gasteiger partial charge is 0.496 e. The molecule has 0 radical (unpaired) electrons. The van der Waals surface area contributed by atoms with E-state index in [2.05, 4.69) is 5.32 Å². The first-order valence-electron chi connectivity index (χ1n) is 6.20. The topological polar surface area (TPSA) is 67.8 Å². The molecular formula is C14H20ClNO4. The zero-order chi connectivity index (χ0) is 15.3. The summed E-state index contributed by atoms with van der Waals surface area (Å²) in [4.78, 5) is 11.8. The number of methoxy groups -OCH3 is 1. The van der Waals surface area contributed by atoms with Crippen molar-refractivity contribution < 1.29 is 19.4 Å². The highest BCUT2D eigenvalue weighted by molar-refractivity contribution is 6.30. The highest BCUT2D eigenvalue weighted by atomic mass is 35.5. The van der Waals surface area contributed by atoms with Crippen molar-refractivity contribution in [2.24, 2.45) is 0 Å². The molecule has 0 bridgehead atoms. The fourth-order valence-corrected chi connectivity index (χ4v) is 1.81. The second-order valence-electron chi connectivity index (χ2n) is 5.27. The number of alkyl carbamates (subject to hydrolysis) is 1. The molecule has 0 saturated carbocycles. The number of hydrogen-bond acceptors (Lipinski definition) is 4. The Morgan fingerprint density at radius 1 is 1.45 bits per heavy atom. The second-order valence-corrected chi connectivity index (χ2v) is 5.70. The number of carbonyl (C=O) groups excluding carboxylic acids is 1. The van der Waals surface area contributed by atoms with Gasteiger partial charge in [-0.3, -0.25) is 0 Å². The third-order valence-corrected chi connectivity index (χ3v) is 2.68. The van der Waals surface area contributed by atoms with Gasteiger partial charge >= 0.3 is 6.09 Å². The van der Waals surface area contributed by atoms with Crippen LogP contribution in [0, 0.1) is 0 Å². The smallest absolute Gasteiger partial charge is 0.408 e. The average molecular weight is 302 g/mol. The van der Waals surface area contributed by atoms with Crippen molar-refractivity contribution in [1.29, 1.82) is 0 Å². The zero-order valence-electron chi connectivity index (χ0n) is 12.1. The molecule has 0 aliphatic heterocycles. The molecule has 1 rings (SSSR count). The Labute approximate surface area is 123 Å². The van der Waals surface area contributed by atoms with Crippen LogP contribution in [0.2, 0.25) is 5.02 Å². The van der Waals surface area contributed by atoms with Gasteiger partial charge in [0.25, 0.3) is 0 Å². The number of amides is 1. The first-order chi connectivity index (χ1) is 9.26. The SMILES string of the molecule is COc1cc(Cl)ccc1C(CO)NC(=O)OC(C)(C)C. The van der Waals surface area contributed by atoms with Gasteiger partial charge in [0.05, 0.1) is 19.8 Å². The summed E-state index contributed by atoms with van der Waals surface area (Å²) in [5.41, 5.74) is 0.0269. The van der Waals surface area contributed by atoms with Crippen molar-refractivity contribution in [2.75, 3.05) is 13.7 Å². The Bertz CT molecular complexity index is 471. The summed E-state index contributed by atoms with van der Waals surface area (Å²) in [5, 5.41) is 12.6. The van der Waals surface area contributed by atoms with Crippen LogP contribution in [0.4, 0.5) is 4.79 Å². The van der Waals surface area contributed by atoms with E-state index < -0.39 is 17.7 Å². The van der Waals surface area contributed by atoms with Gasteiger partial charge in [-0.25, -0.2) is 4.79 Å². The summed E-state index contributed by atoms with van der Waals surface area (Å²) in [6.07, 6.45) is -0.603. The number of benzene rings is 1. The molecule has 0 aliphatic carbocycles. The molecule has 5 nitrogen and oxygen atoms in total. The Kier molecular flexibility index (Phi) is 5.65. The number of nitrogens with one attached hydrogen (secondary N) is 1. The fourth-order valence-electron chi connectivity index (χ4n) is 1.64. The summed E-state index contributed by atoms with van der Waals surface area (Å²) >= 11 is 5.88. The van der Waals surface area contributed by atoms with E-state index in [4.69, 9.17) is 21.1 Å². The van der Waals surface area contributed by atoms with Crippen LogP contribution in [-0.2, 0) is 4.74 Å². The minimum Gasteiger partial charge on any atom is -0.496 e. The van der Waals surface area contributed by atoms with E-state index in [1.807, 2.05) is 0 Å². The number of carbonyl (C=O) groups is 1. The number of ether oxygens (including phenoxy) is 2. The number of aliphatic hydroxyl groups is 1. The Morgan fingerprint density at radius 3 is 2.60 bits per heavy atom. The quantitative estimate of drug-likeness (QED) is 0.897. The molecule has 6 heteroatoms. The highest BCUT2D eigenvalue weighted by Crippen LogP contribution is 2.28. The van der Waals surface area contributed by atoms with Crippen LogP contribution in [0.5, 0.6) is 5.75 Å². The predicted molar refractivity (Wildman–Crippen MR) is 77.2 cm³/mol. The van der Waals surface area contributed by atoms with Gasteiger partial charge in [-0.2, -0.15) is 0 Å². The Morgan fingerprint density at radius 2 is 2.10 bits per heavy atom. The normalized spacial score (nSPS) is 12.7. The Balaban J connectivity index is 2.89. The molecule has 2 N–H and O–H groups in total. The van der Waals surface area contributed by atoms with E-state index >= 15 is 0 Å². The van der Waals surface area contributed by atoms with Gasteiger partial charge in [0.2, 0.25) is 0 Å². The molecule has 1 atom stereocenters. The molecule has 1 unspecified atom stereocenters. The van der Waals surface area contributed by atoms with Crippen LogP contribution in [0.1, 0.15) is 32.4 Å². The predicted octanol–water partition coefficient (Wildman–Crippen LogP) is 2.91. The fraction of sp³-hybridized carbons (Fsp3) is 0.500. The maximum absolute atomic E-state index is 11.8. The number of hydrogen-bond donors (Lipinski definition) is 2. The third-order valence-electron chi connectivity index (χ3n) is 2.44. The van der Waals surface area contributed by atoms with Crippen LogP contribution < -0.4 is 10.1 Å². The molecule has 0 saturated heterocycles. The van der Waals surface area contributed by atoms with Crippen molar-refractivity contribution in [2.45, 2.75) is 32.4 Å². The van der Waals surface area contributed by atoms with Gasteiger partial charge in [0.15, 0.2) is 0 Å². The average Bonchev–Trinajstić information content (AvgIpc) is 2.34. The molecule has 20 heavy (non-hydrogen) atoms. The van der Waals surface area contributed by atoms with Crippen LogP contribution in [0.25, 0.3) is 0 Å². The minimum atomic E-state index is -0.628. The maximum atomic E-state index is 11.8. The molecule has 1 aromatic carbocycles. The molecule has 0 fully saturated rings. The molecule has 0 aromatic heterocycles. The van der Waals surface area contributed by atoms with Crippen molar-refractivity contribution in [3.63, 3.8) is 0 Å². The first-order valence-corrected chi connectivity index (χ1v) is 6.58. The van der Waals surface area contributed by atoms with Gasteiger partial charge in [-0.05, 0) is 32.9 Å². The Hall–Kier alpha value is -1.46. The molecule has 112 valence electrons. The van der Waals surface area contributed by atoms with E-state index in [9.17, 15) is 9.90 Å². The monoisotopic (exact) mass is 301 g/mol. The molecule has 0 aliphatic rings. The van der Waals surface area contributed by atoms with Crippen molar-refractivity contribution in [1.82, 2.24) is 5.32 Å². The molecule has 0 heterocycles. The van der Waals surface area contributed by atoms with Gasteiger partial charge in [-0.1, -0.05) is 17.7 Å². The van der Waals surface area contributed by atoms with Crippen LogP contribution >= 0.6 is 11.6 Å². The number of aliphatic hydroxyl groups excluding tert-OH is 1. The second kappa shape index (κ2) is 6.81. The summed E-state index contributed by atoms with van der Waals surface area (Å²) in [7, 11) is 1.50. The summed E-state index contributed by atoms with van der Waals surface area (Å²) < 4.78 is 10.4. The maximum Gasteiger partial charge on any atom is 0.408 e. The van der Waals surface area contributed by atoms with E-state index in [1.165, 1.54) is 7.11 Å². The molecule has 1 aromatic rings. The van der Waals surface area contributed by atoms with Gasteiger partial charge < -0.3 is 19.9 Å². The van der Waals surface area contributed by atoms with E-state index in [1.54, 1.807) is 39.0 Å². The van der Waals surface area contributed by atoms with E-state index in [-0.39, 0.29) is 6.61 Å². The number of rotatable bonds is 4.